The van der Waals surface area contributed by atoms with Gasteiger partial charge in [-0.3, -0.25) is 4.79 Å². The molecule has 0 aliphatic carbocycles. The predicted octanol–water partition coefficient (Wildman–Crippen LogP) is 2.41. The van der Waals surface area contributed by atoms with Crippen LogP contribution >= 0.6 is 0 Å². The van der Waals surface area contributed by atoms with Gasteiger partial charge in [0.2, 0.25) is 0 Å². The first-order chi connectivity index (χ1) is 11.3. The van der Waals surface area contributed by atoms with E-state index in [0.717, 1.165) is 49.8 Å². The van der Waals surface area contributed by atoms with E-state index >= 15 is 0 Å². The minimum Gasteiger partial charge on any atom is -0.493 e. The van der Waals surface area contributed by atoms with Crippen LogP contribution in [0.15, 0.2) is 35.1 Å². The van der Waals surface area contributed by atoms with Gasteiger partial charge in [-0.2, -0.15) is 0 Å². The van der Waals surface area contributed by atoms with Crippen LogP contribution in [0.4, 0.5) is 0 Å². The van der Waals surface area contributed by atoms with E-state index < -0.39 is 0 Å². The molecule has 1 aliphatic heterocycles. The van der Waals surface area contributed by atoms with Crippen LogP contribution in [0.2, 0.25) is 0 Å². The van der Waals surface area contributed by atoms with E-state index in [1.54, 1.807) is 7.11 Å². The number of rotatable bonds is 6. The zero-order chi connectivity index (χ0) is 16.1. The molecule has 5 nitrogen and oxygen atoms in total. The van der Waals surface area contributed by atoms with Gasteiger partial charge in [0.15, 0.2) is 0 Å². The Morgan fingerprint density at radius 1 is 1.26 bits per heavy atom. The first-order valence-corrected chi connectivity index (χ1v) is 8.26. The van der Waals surface area contributed by atoms with Crippen molar-refractivity contribution in [1.29, 1.82) is 0 Å². The maximum Gasteiger partial charge on any atom is 0.252 e. The number of pyridine rings is 1. The van der Waals surface area contributed by atoms with Crippen LogP contribution in [0.1, 0.15) is 19.3 Å². The Morgan fingerprint density at radius 3 is 2.83 bits per heavy atom. The maximum absolute atomic E-state index is 11.7. The number of aromatic nitrogens is 1. The van der Waals surface area contributed by atoms with Crippen molar-refractivity contribution in [1.82, 2.24) is 9.88 Å². The molecule has 0 bridgehead atoms. The number of piperidine rings is 1. The molecule has 1 saturated heterocycles. The van der Waals surface area contributed by atoms with Gasteiger partial charge in [-0.1, -0.05) is 12.1 Å². The number of nitrogens with one attached hydrogen (secondary N) is 1. The lowest BCUT2D eigenvalue weighted by Gasteiger charge is -2.31. The van der Waals surface area contributed by atoms with Gasteiger partial charge in [-0.25, -0.2) is 0 Å². The minimum absolute atomic E-state index is 0.125. The topological polar surface area (TPSA) is 54.6 Å². The van der Waals surface area contributed by atoms with Gasteiger partial charge in [0.1, 0.15) is 5.75 Å². The van der Waals surface area contributed by atoms with Crippen LogP contribution in [0.5, 0.6) is 5.75 Å². The zero-order valence-corrected chi connectivity index (χ0v) is 13.6. The number of ether oxygens (including phenoxy) is 2. The molecular formula is C18H24N2O3. The second-order valence-electron chi connectivity index (χ2n) is 6.02. The van der Waals surface area contributed by atoms with Gasteiger partial charge in [-0.05, 0) is 31.4 Å². The van der Waals surface area contributed by atoms with Crippen molar-refractivity contribution >= 4 is 10.9 Å². The predicted molar refractivity (Wildman–Crippen MR) is 91.2 cm³/mol. The molecular weight excluding hydrogens is 292 g/mol. The number of methoxy groups -OCH3 is 1. The van der Waals surface area contributed by atoms with Crippen molar-refractivity contribution in [2.24, 2.45) is 0 Å². The summed E-state index contributed by atoms with van der Waals surface area (Å²) >= 11 is 0. The highest BCUT2D eigenvalue weighted by Crippen LogP contribution is 2.21. The molecule has 1 aromatic carbocycles. The normalized spacial score (nSPS) is 16.7. The molecule has 1 aromatic heterocycles. The highest BCUT2D eigenvalue weighted by Gasteiger charge is 2.17. The fraction of sp³-hybridized carbons (Fsp3) is 0.500. The molecule has 0 saturated carbocycles. The third-order valence-electron chi connectivity index (χ3n) is 4.46. The van der Waals surface area contributed by atoms with Crippen LogP contribution in [-0.4, -0.2) is 49.3 Å². The summed E-state index contributed by atoms with van der Waals surface area (Å²) in [5.41, 5.74) is 0.692. The van der Waals surface area contributed by atoms with Crippen LogP contribution in [0, 0.1) is 0 Å². The standard InChI is InChI=1S/C18H24N2O3/c1-22-14-7-10-20(11-8-14)9-4-12-23-17-13-18(21)19-16-6-3-2-5-15(16)17/h2-3,5-6,13-14H,4,7-12H2,1H3,(H,19,21). The molecule has 2 aromatic rings. The Bertz CT molecular complexity index is 690. The van der Waals surface area contributed by atoms with E-state index in [4.69, 9.17) is 9.47 Å². The average Bonchev–Trinajstić information content (AvgIpc) is 2.59. The third-order valence-corrected chi connectivity index (χ3v) is 4.46. The van der Waals surface area contributed by atoms with E-state index in [1.165, 1.54) is 6.07 Å². The first-order valence-electron chi connectivity index (χ1n) is 8.26. The van der Waals surface area contributed by atoms with Crippen LogP contribution < -0.4 is 10.3 Å². The fourth-order valence-corrected chi connectivity index (χ4v) is 3.13. The summed E-state index contributed by atoms with van der Waals surface area (Å²) < 4.78 is 11.3. The molecule has 1 fully saturated rings. The average molecular weight is 316 g/mol. The lowest BCUT2D eigenvalue weighted by molar-refractivity contribution is 0.0399. The number of para-hydroxylation sites is 1. The van der Waals surface area contributed by atoms with E-state index in [2.05, 4.69) is 9.88 Å². The lowest BCUT2D eigenvalue weighted by Crippen LogP contribution is -2.37. The van der Waals surface area contributed by atoms with Crippen molar-refractivity contribution in [3.63, 3.8) is 0 Å². The fourth-order valence-electron chi connectivity index (χ4n) is 3.13. The minimum atomic E-state index is -0.125. The number of hydrogen-bond donors (Lipinski definition) is 1. The number of aromatic amines is 1. The molecule has 0 atom stereocenters. The highest BCUT2D eigenvalue weighted by molar-refractivity contribution is 5.84. The second-order valence-corrected chi connectivity index (χ2v) is 6.02. The molecule has 3 rings (SSSR count). The summed E-state index contributed by atoms with van der Waals surface area (Å²) in [7, 11) is 1.79. The smallest absolute Gasteiger partial charge is 0.252 e. The van der Waals surface area contributed by atoms with E-state index in [1.807, 2.05) is 24.3 Å². The van der Waals surface area contributed by atoms with Crippen LogP contribution in [0.25, 0.3) is 10.9 Å². The zero-order valence-electron chi connectivity index (χ0n) is 13.6. The quantitative estimate of drug-likeness (QED) is 0.832. The summed E-state index contributed by atoms with van der Waals surface area (Å²) in [5, 5.41) is 0.952. The summed E-state index contributed by atoms with van der Waals surface area (Å²) in [4.78, 5) is 17.0. The van der Waals surface area contributed by atoms with Gasteiger partial charge < -0.3 is 19.4 Å². The monoisotopic (exact) mass is 316 g/mol. The number of hydrogen-bond acceptors (Lipinski definition) is 4. The number of likely N-dealkylation sites (tertiary alicyclic amines) is 1. The molecule has 0 amide bonds. The van der Waals surface area contributed by atoms with Crippen LogP contribution in [-0.2, 0) is 4.74 Å². The molecule has 0 unspecified atom stereocenters. The van der Waals surface area contributed by atoms with Crippen molar-refractivity contribution in [3.8, 4) is 5.75 Å². The first kappa shape index (κ1) is 16.0. The molecule has 124 valence electrons. The van der Waals surface area contributed by atoms with Crippen molar-refractivity contribution in [3.05, 3.63) is 40.7 Å². The maximum atomic E-state index is 11.7. The molecule has 0 radical (unpaired) electrons. The van der Waals surface area contributed by atoms with Crippen LogP contribution in [0.3, 0.4) is 0 Å². The molecule has 1 N–H and O–H groups in total. The summed E-state index contributed by atoms with van der Waals surface area (Å²) in [6.07, 6.45) is 3.59. The largest absolute Gasteiger partial charge is 0.493 e. The Balaban J connectivity index is 1.51. The molecule has 5 heteroatoms. The summed E-state index contributed by atoms with van der Waals surface area (Å²) in [6.45, 7) is 3.83. The van der Waals surface area contributed by atoms with Crippen molar-refractivity contribution in [2.45, 2.75) is 25.4 Å². The van der Waals surface area contributed by atoms with E-state index in [9.17, 15) is 4.79 Å². The number of benzene rings is 1. The number of H-pyrrole nitrogens is 1. The van der Waals surface area contributed by atoms with Gasteiger partial charge in [0.25, 0.3) is 5.56 Å². The summed E-state index contributed by atoms with van der Waals surface area (Å²) in [6, 6.07) is 9.26. The lowest BCUT2D eigenvalue weighted by atomic mass is 10.1. The highest BCUT2D eigenvalue weighted by atomic mass is 16.5. The Labute approximate surface area is 136 Å². The SMILES string of the molecule is COC1CCN(CCCOc2cc(=O)[nH]c3ccccc23)CC1. The molecule has 1 aliphatic rings. The van der Waals surface area contributed by atoms with Gasteiger partial charge >= 0.3 is 0 Å². The summed E-state index contributed by atoms with van der Waals surface area (Å²) in [5.74, 6) is 0.669. The second kappa shape index (κ2) is 7.62. The van der Waals surface area contributed by atoms with Gasteiger partial charge in [-0.15, -0.1) is 0 Å². The van der Waals surface area contributed by atoms with Gasteiger partial charge in [0, 0.05) is 38.2 Å². The third kappa shape index (κ3) is 4.12. The molecule has 23 heavy (non-hydrogen) atoms. The number of nitrogens with zero attached hydrogens (tertiary/aromatic N) is 1. The number of fused-ring (bicyclic) bond motifs is 1. The molecule has 2 heterocycles. The Kier molecular flexibility index (Phi) is 5.31. The van der Waals surface area contributed by atoms with E-state index in [0.29, 0.717) is 18.5 Å². The van der Waals surface area contributed by atoms with Gasteiger partial charge in [0.05, 0.1) is 18.2 Å². The molecule has 0 spiro atoms. The Morgan fingerprint density at radius 2 is 2.04 bits per heavy atom. The van der Waals surface area contributed by atoms with Crippen molar-refractivity contribution in [2.75, 3.05) is 33.4 Å². The van der Waals surface area contributed by atoms with E-state index in [-0.39, 0.29) is 5.56 Å². The Hall–Kier alpha value is -1.85. The van der Waals surface area contributed by atoms with Crippen molar-refractivity contribution < 1.29 is 9.47 Å².